The van der Waals surface area contributed by atoms with Crippen LogP contribution in [0.3, 0.4) is 0 Å². The Morgan fingerprint density at radius 3 is 2.62 bits per heavy atom. The Hall–Kier alpha value is -1.19. The van der Waals surface area contributed by atoms with Crippen molar-refractivity contribution in [2.75, 3.05) is 6.54 Å². The summed E-state index contributed by atoms with van der Waals surface area (Å²) in [5.41, 5.74) is 3.24. The van der Waals surface area contributed by atoms with E-state index in [9.17, 15) is 4.39 Å². The molecule has 0 amide bonds. The molecule has 0 fully saturated rings. The van der Waals surface area contributed by atoms with E-state index in [0.717, 1.165) is 29.4 Å². The number of benzene rings is 2. The van der Waals surface area contributed by atoms with Crippen LogP contribution in [0.1, 0.15) is 36.1 Å². The zero-order chi connectivity index (χ0) is 15.2. The van der Waals surface area contributed by atoms with Gasteiger partial charge in [0.25, 0.3) is 0 Å². The van der Waals surface area contributed by atoms with Gasteiger partial charge in [0, 0.05) is 16.1 Å². The molecular weight excluding hydrogens is 329 g/mol. The van der Waals surface area contributed by atoms with Crippen LogP contribution >= 0.6 is 15.9 Å². The molecule has 0 heterocycles. The van der Waals surface area contributed by atoms with Crippen LogP contribution in [0.4, 0.5) is 4.39 Å². The molecule has 2 aromatic rings. The predicted molar refractivity (Wildman–Crippen MR) is 90.0 cm³/mol. The maximum Gasteiger partial charge on any atom is 0.129 e. The van der Waals surface area contributed by atoms with E-state index in [1.165, 1.54) is 17.2 Å². The normalized spacial score (nSPS) is 12.4. The van der Waals surface area contributed by atoms with E-state index >= 15 is 0 Å². The van der Waals surface area contributed by atoms with Gasteiger partial charge < -0.3 is 5.32 Å². The molecule has 0 radical (unpaired) electrons. The number of aryl methyl sites for hydroxylation is 1. The summed E-state index contributed by atoms with van der Waals surface area (Å²) in [5.74, 6) is -0.161. The fourth-order valence-corrected chi connectivity index (χ4v) is 2.79. The third-order valence-corrected chi connectivity index (χ3v) is 4.16. The highest BCUT2D eigenvalue weighted by molar-refractivity contribution is 9.10. The van der Waals surface area contributed by atoms with Crippen LogP contribution in [0.25, 0.3) is 0 Å². The standard InChI is InChI=1S/C18H21BrFN/c1-3-10-21-18(11-14-7-5-4-6-13(14)2)16-9-8-15(19)12-17(16)20/h4-9,12,18,21H,3,10-11H2,1-2H3. The Labute approximate surface area is 134 Å². The Kier molecular flexibility index (Phi) is 5.95. The Balaban J connectivity index is 2.27. The molecule has 0 saturated carbocycles. The second-order valence-electron chi connectivity index (χ2n) is 5.30. The van der Waals surface area contributed by atoms with Crippen LogP contribution in [0, 0.1) is 12.7 Å². The SMILES string of the molecule is CCCNC(Cc1ccccc1C)c1ccc(Br)cc1F. The summed E-state index contributed by atoms with van der Waals surface area (Å²) in [6.07, 6.45) is 1.83. The molecule has 0 spiro atoms. The predicted octanol–water partition coefficient (Wildman–Crippen LogP) is 5.18. The van der Waals surface area contributed by atoms with Crippen molar-refractivity contribution >= 4 is 15.9 Å². The lowest BCUT2D eigenvalue weighted by molar-refractivity contribution is 0.496. The highest BCUT2D eigenvalue weighted by Crippen LogP contribution is 2.25. The van der Waals surface area contributed by atoms with Gasteiger partial charge in [-0.3, -0.25) is 0 Å². The largest absolute Gasteiger partial charge is 0.310 e. The molecular formula is C18H21BrFN. The summed E-state index contributed by atoms with van der Waals surface area (Å²) in [6.45, 7) is 5.10. The molecule has 0 aromatic heterocycles. The molecule has 0 aliphatic heterocycles. The van der Waals surface area contributed by atoms with Gasteiger partial charge in [0.2, 0.25) is 0 Å². The van der Waals surface area contributed by atoms with Crippen LogP contribution in [-0.2, 0) is 6.42 Å². The highest BCUT2D eigenvalue weighted by Gasteiger charge is 2.16. The van der Waals surface area contributed by atoms with Crippen molar-refractivity contribution < 1.29 is 4.39 Å². The average molecular weight is 350 g/mol. The molecule has 1 nitrogen and oxygen atoms in total. The minimum Gasteiger partial charge on any atom is -0.310 e. The van der Waals surface area contributed by atoms with Crippen LogP contribution < -0.4 is 5.32 Å². The maximum absolute atomic E-state index is 14.3. The fourth-order valence-electron chi connectivity index (χ4n) is 2.45. The van der Waals surface area contributed by atoms with Crippen molar-refractivity contribution in [2.24, 2.45) is 0 Å². The Morgan fingerprint density at radius 2 is 1.95 bits per heavy atom. The third kappa shape index (κ3) is 4.39. The van der Waals surface area contributed by atoms with Gasteiger partial charge in [0.15, 0.2) is 0 Å². The zero-order valence-electron chi connectivity index (χ0n) is 12.5. The fraction of sp³-hybridized carbons (Fsp3) is 0.333. The van der Waals surface area contributed by atoms with Gasteiger partial charge in [0.1, 0.15) is 5.82 Å². The Bertz CT molecular complexity index is 598. The van der Waals surface area contributed by atoms with E-state index in [2.05, 4.69) is 47.2 Å². The van der Waals surface area contributed by atoms with E-state index in [0.29, 0.717) is 0 Å². The lowest BCUT2D eigenvalue weighted by Crippen LogP contribution is -2.25. The van der Waals surface area contributed by atoms with E-state index in [1.54, 1.807) is 0 Å². The van der Waals surface area contributed by atoms with Crippen molar-refractivity contribution in [1.82, 2.24) is 5.32 Å². The monoisotopic (exact) mass is 349 g/mol. The lowest BCUT2D eigenvalue weighted by atomic mass is 9.95. The number of hydrogen-bond acceptors (Lipinski definition) is 1. The van der Waals surface area contributed by atoms with Gasteiger partial charge in [-0.15, -0.1) is 0 Å². The molecule has 21 heavy (non-hydrogen) atoms. The smallest absolute Gasteiger partial charge is 0.129 e. The van der Waals surface area contributed by atoms with Crippen LogP contribution in [-0.4, -0.2) is 6.54 Å². The highest BCUT2D eigenvalue weighted by atomic mass is 79.9. The van der Waals surface area contributed by atoms with Crippen molar-refractivity contribution in [3.05, 3.63) is 69.4 Å². The van der Waals surface area contributed by atoms with Crippen molar-refractivity contribution in [3.63, 3.8) is 0 Å². The molecule has 0 saturated heterocycles. The minimum absolute atomic E-state index is 0.000787. The summed E-state index contributed by atoms with van der Waals surface area (Å²) in [6, 6.07) is 13.6. The Morgan fingerprint density at radius 1 is 1.19 bits per heavy atom. The first-order valence-corrected chi connectivity index (χ1v) is 8.14. The quantitative estimate of drug-likeness (QED) is 0.757. The van der Waals surface area contributed by atoms with Crippen LogP contribution in [0.5, 0.6) is 0 Å². The van der Waals surface area contributed by atoms with Crippen molar-refractivity contribution in [2.45, 2.75) is 32.7 Å². The number of rotatable bonds is 6. The molecule has 0 aliphatic rings. The molecule has 1 N–H and O–H groups in total. The number of hydrogen-bond donors (Lipinski definition) is 1. The van der Waals surface area contributed by atoms with Gasteiger partial charge in [-0.05, 0) is 49.6 Å². The lowest BCUT2D eigenvalue weighted by Gasteiger charge is -2.21. The zero-order valence-corrected chi connectivity index (χ0v) is 14.1. The van der Waals surface area contributed by atoms with Gasteiger partial charge in [-0.1, -0.05) is 53.2 Å². The van der Waals surface area contributed by atoms with Gasteiger partial charge in [-0.25, -0.2) is 4.39 Å². The molecule has 1 atom stereocenters. The van der Waals surface area contributed by atoms with Crippen LogP contribution in [0.2, 0.25) is 0 Å². The summed E-state index contributed by atoms with van der Waals surface area (Å²) < 4.78 is 15.0. The molecule has 2 aromatic carbocycles. The first-order chi connectivity index (χ1) is 10.1. The topological polar surface area (TPSA) is 12.0 Å². The van der Waals surface area contributed by atoms with Crippen molar-refractivity contribution in [3.8, 4) is 0 Å². The van der Waals surface area contributed by atoms with Crippen LogP contribution in [0.15, 0.2) is 46.9 Å². The summed E-state index contributed by atoms with van der Waals surface area (Å²) in [5, 5.41) is 3.47. The molecule has 0 aliphatic carbocycles. The summed E-state index contributed by atoms with van der Waals surface area (Å²) in [4.78, 5) is 0. The molecule has 2 rings (SSSR count). The van der Waals surface area contributed by atoms with E-state index in [4.69, 9.17) is 0 Å². The minimum atomic E-state index is -0.161. The van der Waals surface area contributed by atoms with Gasteiger partial charge >= 0.3 is 0 Å². The third-order valence-electron chi connectivity index (χ3n) is 3.66. The van der Waals surface area contributed by atoms with E-state index in [1.807, 2.05) is 24.3 Å². The second kappa shape index (κ2) is 7.71. The first kappa shape index (κ1) is 16.2. The average Bonchev–Trinajstić information content (AvgIpc) is 2.46. The van der Waals surface area contributed by atoms with Gasteiger partial charge in [-0.2, -0.15) is 0 Å². The van der Waals surface area contributed by atoms with Gasteiger partial charge in [0.05, 0.1) is 0 Å². The molecule has 112 valence electrons. The molecule has 0 bridgehead atoms. The summed E-state index contributed by atoms with van der Waals surface area (Å²) >= 11 is 3.32. The molecule has 3 heteroatoms. The van der Waals surface area contributed by atoms with E-state index < -0.39 is 0 Å². The first-order valence-electron chi connectivity index (χ1n) is 7.34. The molecule has 1 unspecified atom stereocenters. The van der Waals surface area contributed by atoms with Crippen molar-refractivity contribution in [1.29, 1.82) is 0 Å². The number of nitrogens with one attached hydrogen (secondary N) is 1. The number of halogens is 2. The summed E-state index contributed by atoms with van der Waals surface area (Å²) in [7, 11) is 0. The second-order valence-corrected chi connectivity index (χ2v) is 6.22. The maximum atomic E-state index is 14.3. The van der Waals surface area contributed by atoms with E-state index in [-0.39, 0.29) is 11.9 Å².